The topological polar surface area (TPSA) is 181 Å². The molecule has 9 rings (SSSR count). The van der Waals surface area contributed by atoms with Crippen LogP contribution < -0.4 is 0 Å². The van der Waals surface area contributed by atoms with Crippen molar-refractivity contribution in [3.05, 3.63) is 0 Å². The maximum atomic E-state index is 12.5. The summed E-state index contributed by atoms with van der Waals surface area (Å²) in [6.07, 6.45) is 5.54. The van der Waals surface area contributed by atoms with Gasteiger partial charge in [-0.15, -0.1) is 0 Å². The first-order valence-corrected chi connectivity index (χ1v) is 27.5. The lowest BCUT2D eigenvalue weighted by Gasteiger charge is -2.59. The number of carbonyl (C=O) groups is 5. The lowest BCUT2D eigenvalue weighted by Crippen LogP contribution is -2.61. The molecule has 6 bridgehead atoms. The molecule has 432 valence electrons. The van der Waals surface area contributed by atoms with Crippen LogP contribution in [0.5, 0.6) is 0 Å². The number of halogens is 6. The molecule has 0 aromatic carbocycles. The maximum Gasteiger partial charge on any atom is 0.429 e. The lowest BCUT2D eigenvalue weighted by molar-refractivity contribution is -0.375. The Morgan fingerprint density at radius 2 is 1.07 bits per heavy atom. The SMILES string of the molecule is CCC(C)(C)C(=O)OC1(C)CCCCC12CCCC2.CCC(C)(C)C(=O)OC12CC3CC(CC(O)(C3)C1)C2.CCC(C)(C)C(=O)OC1C2CC3C(=O)OC1C3O2.CCC(C)(C)C(=O)OCC(O)(C(F)(F)F)C(F)(F)F. The number of rotatable bonds is 13. The molecule has 13 nitrogen and oxygen atoms in total. The third-order valence-corrected chi connectivity index (χ3v) is 19.0. The molecule has 9 aliphatic rings. The summed E-state index contributed by atoms with van der Waals surface area (Å²) in [4.78, 5) is 59.8. The summed E-state index contributed by atoms with van der Waals surface area (Å²) in [6, 6.07) is 0. The first-order chi connectivity index (χ1) is 34.2. The van der Waals surface area contributed by atoms with Crippen molar-refractivity contribution in [2.24, 2.45) is 44.8 Å². The van der Waals surface area contributed by atoms with Gasteiger partial charge in [-0.1, -0.05) is 47.0 Å². The van der Waals surface area contributed by atoms with Crippen molar-refractivity contribution >= 4 is 29.8 Å². The van der Waals surface area contributed by atoms with Gasteiger partial charge in [-0.3, -0.25) is 24.0 Å². The largest absolute Gasteiger partial charge is 0.461 e. The molecule has 1 spiro atoms. The van der Waals surface area contributed by atoms with Crippen molar-refractivity contribution in [2.75, 3.05) is 6.61 Å². The Balaban J connectivity index is 0.000000185. The molecule has 8 unspecified atom stereocenters. The molecule has 8 atom stereocenters. The van der Waals surface area contributed by atoms with Crippen LogP contribution in [0.4, 0.5) is 26.3 Å². The van der Waals surface area contributed by atoms with Gasteiger partial charge in [0.25, 0.3) is 5.60 Å². The Labute approximate surface area is 440 Å². The van der Waals surface area contributed by atoms with Crippen LogP contribution in [-0.4, -0.2) is 106 Å². The molecule has 3 aliphatic heterocycles. The fraction of sp³-hybridized carbons (Fsp3) is 0.911. The van der Waals surface area contributed by atoms with E-state index in [1.165, 1.54) is 72.1 Å². The maximum absolute atomic E-state index is 12.5. The summed E-state index contributed by atoms with van der Waals surface area (Å²) in [5.41, 5.74) is -8.42. The molecule has 9 fully saturated rings. The molecule has 2 N–H and O–H groups in total. The Kier molecular flexibility index (Phi) is 18.5. The predicted octanol–water partition coefficient (Wildman–Crippen LogP) is 11.8. The number of ether oxygens (including phenoxy) is 6. The molecule has 19 heteroatoms. The highest BCUT2D eigenvalue weighted by Gasteiger charge is 2.72. The van der Waals surface area contributed by atoms with Gasteiger partial charge in [0.05, 0.1) is 39.3 Å². The summed E-state index contributed by atoms with van der Waals surface area (Å²) >= 11 is 0. The molecule has 0 amide bonds. The molecule has 3 saturated heterocycles. The van der Waals surface area contributed by atoms with Crippen LogP contribution in [0.3, 0.4) is 0 Å². The van der Waals surface area contributed by atoms with Gasteiger partial charge in [-0.05, 0) is 170 Å². The minimum Gasteiger partial charge on any atom is -0.461 e. The highest BCUT2D eigenvalue weighted by atomic mass is 19.4. The number of carbonyl (C=O) groups excluding carboxylic acids is 5. The Morgan fingerprint density at radius 3 is 1.52 bits per heavy atom. The number of fused-ring (bicyclic) bond motifs is 1. The molecular weight excluding hydrogens is 995 g/mol. The average Bonchev–Trinajstić information content (AvgIpc) is 4.08. The van der Waals surface area contributed by atoms with Crippen LogP contribution in [0.25, 0.3) is 0 Å². The molecule has 75 heavy (non-hydrogen) atoms. The van der Waals surface area contributed by atoms with E-state index in [4.69, 9.17) is 28.8 Å². The molecule has 6 aliphatic carbocycles. The number of hydrogen-bond donors (Lipinski definition) is 2. The average molecular weight is 1080 g/mol. The van der Waals surface area contributed by atoms with Crippen LogP contribution in [0.1, 0.15) is 212 Å². The van der Waals surface area contributed by atoms with E-state index in [9.17, 15) is 55.4 Å². The van der Waals surface area contributed by atoms with Crippen LogP contribution in [0.15, 0.2) is 0 Å². The smallest absolute Gasteiger partial charge is 0.429 e. The standard InChI is InChI=1S/C17H30O2.C16H26O3.C13H18O5.C10H14F6O3/c1-5-15(2,3)14(18)19-16(4)10-6-7-11-17(16)12-8-9-13-17;1-4-14(2,3)13(17)19-16-8-11-5-12(9-16)7-15(18,6-11)10-16;1-4-13(2,3)12(15)18-9-7-5-6-8(16-7)10(9)17-11(6)14;1-4-7(2,3)6(17)19-5-8(18,9(11,12)13)10(14,15)16/h5-13H2,1-4H3;11-12,18H,4-10H2,1-3H3;6-10H,4-5H2,1-3H3;18H,4-5H2,1-3H3. The number of hydrogen-bond acceptors (Lipinski definition) is 13. The molecule has 6 saturated carbocycles. The highest BCUT2D eigenvalue weighted by molar-refractivity contribution is 5.79. The number of aliphatic hydroxyl groups is 2. The molecule has 3 heterocycles. The van der Waals surface area contributed by atoms with Crippen molar-refractivity contribution < 1.29 is 88.9 Å². The van der Waals surface area contributed by atoms with Crippen molar-refractivity contribution in [2.45, 2.75) is 271 Å². The summed E-state index contributed by atoms with van der Waals surface area (Å²) in [5, 5.41) is 19.4. The van der Waals surface area contributed by atoms with Gasteiger partial charge in [0, 0.05) is 11.8 Å². The van der Waals surface area contributed by atoms with Gasteiger partial charge in [-0.25, -0.2) is 0 Å². The molecular formula is C56H88F6O13. The first kappa shape index (κ1) is 62.7. The van der Waals surface area contributed by atoms with Gasteiger partial charge in [0.2, 0.25) is 0 Å². The van der Waals surface area contributed by atoms with Crippen molar-refractivity contribution in [1.82, 2.24) is 0 Å². The van der Waals surface area contributed by atoms with Gasteiger partial charge in [-0.2, -0.15) is 26.3 Å². The van der Waals surface area contributed by atoms with E-state index in [1.54, 1.807) is 0 Å². The van der Waals surface area contributed by atoms with E-state index in [2.05, 4.69) is 18.6 Å². The minimum atomic E-state index is -6.00. The fourth-order valence-corrected chi connectivity index (χ4v) is 12.3. The van der Waals surface area contributed by atoms with E-state index in [1.807, 2.05) is 55.4 Å². The number of alkyl halides is 6. The summed E-state index contributed by atoms with van der Waals surface area (Å²) in [7, 11) is 0. The lowest BCUT2D eigenvalue weighted by atomic mass is 9.52. The highest BCUT2D eigenvalue weighted by Crippen LogP contribution is 2.60. The van der Waals surface area contributed by atoms with Crippen molar-refractivity contribution in [3.63, 3.8) is 0 Å². The van der Waals surface area contributed by atoms with Crippen molar-refractivity contribution in [3.8, 4) is 0 Å². The van der Waals surface area contributed by atoms with Crippen LogP contribution in [0, 0.1) is 44.8 Å². The van der Waals surface area contributed by atoms with Crippen LogP contribution in [0.2, 0.25) is 0 Å². The quantitative estimate of drug-likeness (QED) is 0.101. The van der Waals surface area contributed by atoms with Gasteiger partial charge < -0.3 is 38.6 Å². The second-order valence-electron chi connectivity index (χ2n) is 26.2. The van der Waals surface area contributed by atoms with Crippen molar-refractivity contribution in [1.29, 1.82) is 0 Å². The van der Waals surface area contributed by atoms with E-state index in [-0.39, 0.29) is 70.5 Å². The third-order valence-electron chi connectivity index (χ3n) is 19.0. The molecule has 0 radical (unpaired) electrons. The Morgan fingerprint density at radius 1 is 0.627 bits per heavy atom. The van der Waals surface area contributed by atoms with Gasteiger partial charge in [0.1, 0.15) is 23.9 Å². The van der Waals surface area contributed by atoms with E-state index < -0.39 is 64.6 Å². The number of esters is 5. The fourth-order valence-electron chi connectivity index (χ4n) is 12.3. The van der Waals surface area contributed by atoms with Crippen LogP contribution in [-0.2, 0) is 52.4 Å². The summed E-state index contributed by atoms with van der Waals surface area (Å²) in [5.74, 6) is -0.804. The minimum absolute atomic E-state index is 0.00525. The zero-order valence-electron chi connectivity index (χ0n) is 46.8. The zero-order chi connectivity index (χ0) is 56.8. The predicted molar refractivity (Wildman–Crippen MR) is 263 cm³/mol. The zero-order valence-corrected chi connectivity index (χ0v) is 46.8. The summed E-state index contributed by atoms with van der Waals surface area (Å²) in [6.45, 7) is 21.8. The van der Waals surface area contributed by atoms with Crippen LogP contribution >= 0.6 is 0 Å². The Hall–Kier alpha value is -3.19. The van der Waals surface area contributed by atoms with E-state index in [0.29, 0.717) is 31.1 Å². The third kappa shape index (κ3) is 13.1. The molecule has 0 aromatic rings. The second-order valence-corrected chi connectivity index (χ2v) is 26.2. The Bertz CT molecular complexity index is 2030. The van der Waals surface area contributed by atoms with E-state index >= 15 is 0 Å². The molecule has 0 aromatic heterocycles. The van der Waals surface area contributed by atoms with E-state index in [0.717, 1.165) is 44.9 Å². The second kappa shape index (κ2) is 22.2. The van der Waals surface area contributed by atoms with Gasteiger partial charge >= 0.3 is 42.2 Å². The normalized spacial score (nSPS) is 32.5. The van der Waals surface area contributed by atoms with Gasteiger partial charge in [0.15, 0.2) is 12.2 Å². The monoisotopic (exact) mass is 1080 g/mol. The first-order valence-electron chi connectivity index (χ1n) is 27.5. The summed E-state index contributed by atoms with van der Waals surface area (Å²) < 4.78 is 106.